The molecule has 0 fully saturated rings. The van der Waals surface area contributed by atoms with Gasteiger partial charge >= 0.3 is 0 Å². The topological polar surface area (TPSA) is 34.2 Å². The molecular weight excluding hydrogens is 372 g/mol. The van der Waals surface area contributed by atoms with E-state index in [-0.39, 0.29) is 0 Å². The Kier molecular flexibility index (Phi) is 5.36. The van der Waals surface area contributed by atoms with Crippen molar-refractivity contribution in [1.82, 2.24) is 10.3 Å². The first-order valence-electron chi connectivity index (χ1n) is 5.97. The molecule has 0 amide bonds. The SMILES string of the molecule is CCNCc1cc(Br)cnc1Oc1cccc(Br)c1. The molecule has 2 aromatic rings. The van der Waals surface area contributed by atoms with Gasteiger partial charge < -0.3 is 10.1 Å². The van der Waals surface area contributed by atoms with E-state index in [1.807, 2.05) is 30.3 Å². The highest BCUT2D eigenvalue weighted by Crippen LogP contribution is 2.27. The molecule has 1 aromatic carbocycles. The number of aromatic nitrogens is 1. The Morgan fingerprint density at radius 1 is 1.21 bits per heavy atom. The number of ether oxygens (including phenoxy) is 1. The van der Waals surface area contributed by atoms with Gasteiger partial charge in [0.05, 0.1) is 0 Å². The zero-order valence-corrected chi connectivity index (χ0v) is 13.7. The zero-order valence-electron chi connectivity index (χ0n) is 10.5. The fraction of sp³-hybridized carbons (Fsp3) is 0.214. The smallest absolute Gasteiger partial charge is 0.223 e. The van der Waals surface area contributed by atoms with Crippen molar-refractivity contribution in [3.63, 3.8) is 0 Å². The quantitative estimate of drug-likeness (QED) is 0.822. The van der Waals surface area contributed by atoms with Gasteiger partial charge in [0.15, 0.2) is 0 Å². The first-order chi connectivity index (χ1) is 9.19. The van der Waals surface area contributed by atoms with E-state index in [0.717, 1.165) is 33.3 Å². The maximum absolute atomic E-state index is 5.84. The van der Waals surface area contributed by atoms with Crippen LogP contribution in [0.25, 0.3) is 0 Å². The van der Waals surface area contributed by atoms with Crippen molar-refractivity contribution in [1.29, 1.82) is 0 Å². The monoisotopic (exact) mass is 384 g/mol. The molecule has 0 aliphatic carbocycles. The number of nitrogens with zero attached hydrogens (tertiary/aromatic N) is 1. The van der Waals surface area contributed by atoms with E-state index in [2.05, 4.69) is 49.1 Å². The van der Waals surface area contributed by atoms with E-state index in [4.69, 9.17) is 4.74 Å². The molecule has 1 heterocycles. The predicted octanol–water partition coefficient (Wildman–Crippen LogP) is 4.51. The summed E-state index contributed by atoms with van der Waals surface area (Å²) in [6.45, 7) is 3.70. The Balaban J connectivity index is 2.23. The van der Waals surface area contributed by atoms with Gasteiger partial charge in [-0.3, -0.25) is 0 Å². The fourth-order valence-corrected chi connectivity index (χ4v) is 2.35. The maximum Gasteiger partial charge on any atom is 0.223 e. The van der Waals surface area contributed by atoms with Gasteiger partial charge in [-0.1, -0.05) is 28.9 Å². The van der Waals surface area contributed by atoms with E-state index in [9.17, 15) is 0 Å². The van der Waals surface area contributed by atoms with Gasteiger partial charge in [0.2, 0.25) is 5.88 Å². The van der Waals surface area contributed by atoms with Crippen LogP contribution in [0.1, 0.15) is 12.5 Å². The minimum absolute atomic E-state index is 0.627. The van der Waals surface area contributed by atoms with Crippen molar-refractivity contribution >= 4 is 31.9 Å². The van der Waals surface area contributed by atoms with E-state index < -0.39 is 0 Å². The summed E-state index contributed by atoms with van der Waals surface area (Å²) >= 11 is 6.86. The second kappa shape index (κ2) is 7.03. The molecule has 0 radical (unpaired) electrons. The summed E-state index contributed by atoms with van der Waals surface area (Å²) in [4.78, 5) is 4.33. The van der Waals surface area contributed by atoms with Crippen LogP contribution in [0.2, 0.25) is 0 Å². The lowest BCUT2D eigenvalue weighted by Gasteiger charge is -2.11. The molecule has 0 unspecified atom stereocenters. The highest BCUT2D eigenvalue weighted by atomic mass is 79.9. The van der Waals surface area contributed by atoms with Crippen molar-refractivity contribution in [2.24, 2.45) is 0 Å². The summed E-state index contributed by atoms with van der Waals surface area (Å²) in [6, 6.07) is 9.74. The van der Waals surface area contributed by atoms with E-state index >= 15 is 0 Å². The molecular formula is C14H14Br2N2O. The zero-order chi connectivity index (χ0) is 13.7. The van der Waals surface area contributed by atoms with Crippen molar-refractivity contribution in [2.75, 3.05) is 6.54 Å². The third kappa shape index (κ3) is 4.30. The van der Waals surface area contributed by atoms with Crippen LogP contribution in [-0.4, -0.2) is 11.5 Å². The number of benzene rings is 1. The first-order valence-corrected chi connectivity index (χ1v) is 7.56. The minimum atomic E-state index is 0.627. The van der Waals surface area contributed by atoms with Crippen LogP contribution in [0.15, 0.2) is 45.5 Å². The van der Waals surface area contributed by atoms with E-state index in [1.54, 1.807) is 6.20 Å². The Morgan fingerprint density at radius 2 is 2.05 bits per heavy atom. The third-order valence-corrected chi connectivity index (χ3v) is 3.39. The summed E-state index contributed by atoms with van der Waals surface area (Å²) in [5.41, 5.74) is 1.02. The Bertz CT molecular complexity index is 561. The van der Waals surface area contributed by atoms with Crippen LogP contribution in [0.5, 0.6) is 11.6 Å². The maximum atomic E-state index is 5.84. The first kappa shape index (κ1) is 14.5. The van der Waals surface area contributed by atoms with Gasteiger partial charge in [-0.05, 0) is 46.7 Å². The van der Waals surface area contributed by atoms with Gasteiger partial charge in [-0.2, -0.15) is 0 Å². The van der Waals surface area contributed by atoms with Crippen molar-refractivity contribution in [3.05, 3.63) is 51.0 Å². The van der Waals surface area contributed by atoms with Crippen LogP contribution in [0.3, 0.4) is 0 Å². The Hall–Kier alpha value is -0.910. The van der Waals surface area contributed by atoms with Crippen LogP contribution >= 0.6 is 31.9 Å². The van der Waals surface area contributed by atoms with Gasteiger partial charge in [-0.25, -0.2) is 4.98 Å². The summed E-state index contributed by atoms with van der Waals surface area (Å²) in [5.74, 6) is 1.39. The van der Waals surface area contributed by atoms with Crippen LogP contribution < -0.4 is 10.1 Å². The number of pyridine rings is 1. The van der Waals surface area contributed by atoms with Crippen molar-refractivity contribution in [2.45, 2.75) is 13.5 Å². The molecule has 5 heteroatoms. The molecule has 2 rings (SSSR count). The highest BCUT2D eigenvalue weighted by Gasteiger charge is 2.07. The molecule has 1 N–H and O–H groups in total. The summed E-state index contributed by atoms with van der Waals surface area (Å²) in [7, 11) is 0. The molecule has 0 aliphatic heterocycles. The van der Waals surface area contributed by atoms with Crippen LogP contribution in [-0.2, 0) is 6.54 Å². The van der Waals surface area contributed by atoms with E-state index in [0.29, 0.717) is 5.88 Å². The number of hydrogen-bond donors (Lipinski definition) is 1. The minimum Gasteiger partial charge on any atom is -0.439 e. The third-order valence-electron chi connectivity index (χ3n) is 2.47. The normalized spacial score (nSPS) is 10.5. The summed E-state index contributed by atoms with van der Waals surface area (Å²) < 4.78 is 7.77. The Morgan fingerprint density at radius 3 is 2.79 bits per heavy atom. The largest absolute Gasteiger partial charge is 0.439 e. The summed E-state index contributed by atoms with van der Waals surface area (Å²) in [6.07, 6.45) is 1.74. The number of hydrogen-bond acceptors (Lipinski definition) is 3. The lowest BCUT2D eigenvalue weighted by atomic mass is 10.2. The molecule has 0 bridgehead atoms. The summed E-state index contributed by atoms with van der Waals surface area (Å²) in [5, 5.41) is 3.28. The standard InChI is InChI=1S/C14H14Br2N2O/c1-2-17-8-10-6-12(16)9-18-14(10)19-13-5-3-4-11(15)7-13/h3-7,9,17H,2,8H2,1H3. The van der Waals surface area contributed by atoms with Gasteiger partial charge in [0.25, 0.3) is 0 Å². The predicted molar refractivity (Wildman–Crippen MR) is 83.5 cm³/mol. The number of nitrogens with one attached hydrogen (secondary N) is 1. The molecule has 0 atom stereocenters. The molecule has 0 aliphatic rings. The molecule has 0 saturated carbocycles. The average molecular weight is 386 g/mol. The number of rotatable bonds is 5. The second-order valence-electron chi connectivity index (χ2n) is 3.96. The lowest BCUT2D eigenvalue weighted by Crippen LogP contribution is -2.12. The second-order valence-corrected chi connectivity index (χ2v) is 5.79. The molecule has 1 aromatic heterocycles. The molecule has 19 heavy (non-hydrogen) atoms. The van der Waals surface area contributed by atoms with Gasteiger partial charge in [-0.15, -0.1) is 0 Å². The molecule has 100 valence electrons. The average Bonchev–Trinajstić information content (AvgIpc) is 2.39. The molecule has 0 spiro atoms. The molecule has 0 saturated heterocycles. The Labute approximate surface area is 129 Å². The number of halogens is 2. The van der Waals surface area contributed by atoms with Crippen molar-refractivity contribution in [3.8, 4) is 11.6 Å². The van der Waals surface area contributed by atoms with Gasteiger partial charge in [0, 0.05) is 27.3 Å². The van der Waals surface area contributed by atoms with Gasteiger partial charge in [0.1, 0.15) is 5.75 Å². The van der Waals surface area contributed by atoms with Crippen LogP contribution in [0.4, 0.5) is 0 Å². The van der Waals surface area contributed by atoms with Crippen LogP contribution in [0, 0.1) is 0 Å². The highest BCUT2D eigenvalue weighted by molar-refractivity contribution is 9.10. The fourth-order valence-electron chi connectivity index (χ4n) is 1.59. The van der Waals surface area contributed by atoms with Crippen molar-refractivity contribution < 1.29 is 4.74 Å². The van der Waals surface area contributed by atoms with E-state index in [1.165, 1.54) is 0 Å². The molecule has 3 nitrogen and oxygen atoms in total. The lowest BCUT2D eigenvalue weighted by molar-refractivity contribution is 0.453.